The van der Waals surface area contributed by atoms with Crippen LogP contribution in [-0.4, -0.2) is 40.0 Å². The molecule has 0 bridgehead atoms. The lowest BCUT2D eigenvalue weighted by atomic mass is 9.96. The Morgan fingerprint density at radius 3 is 2.79 bits per heavy atom. The van der Waals surface area contributed by atoms with E-state index in [1.165, 1.54) is 16.0 Å². The molecule has 146 valence electrons. The van der Waals surface area contributed by atoms with Gasteiger partial charge >= 0.3 is 0 Å². The summed E-state index contributed by atoms with van der Waals surface area (Å²) in [5.41, 5.74) is 3.53. The van der Waals surface area contributed by atoms with Gasteiger partial charge in [-0.3, -0.25) is 9.59 Å². The molecular formula is C22H25N3O2S. The Labute approximate surface area is 169 Å². The molecule has 4 rings (SSSR count). The highest BCUT2D eigenvalue weighted by molar-refractivity contribution is 8.01. The Morgan fingerprint density at radius 1 is 1.18 bits per heavy atom. The van der Waals surface area contributed by atoms with E-state index in [4.69, 9.17) is 0 Å². The van der Waals surface area contributed by atoms with E-state index in [0.29, 0.717) is 12.4 Å². The summed E-state index contributed by atoms with van der Waals surface area (Å²) in [5, 5.41) is 2.82. The molecule has 0 radical (unpaired) electrons. The average molecular weight is 396 g/mol. The van der Waals surface area contributed by atoms with Crippen molar-refractivity contribution in [3.8, 4) is 0 Å². The molecule has 1 saturated heterocycles. The number of amides is 2. The number of anilines is 1. The minimum Gasteiger partial charge on any atom is -0.341 e. The zero-order chi connectivity index (χ0) is 19.7. The first-order valence-corrected chi connectivity index (χ1v) is 10.7. The topological polar surface area (TPSA) is 62.3 Å². The number of hydrogen-bond acceptors (Lipinski definition) is 4. The molecule has 1 aromatic carbocycles. The second-order valence-corrected chi connectivity index (χ2v) is 9.00. The summed E-state index contributed by atoms with van der Waals surface area (Å²) in [6.07, 6.45) is 4.18. The molecule has 2 aromatic rings. The first-order valence-electron chi connectivity index (χ1n) is 9.78. The number of aromatic nitrogens is 1. The first kappa shape index (κ1) is 19.0. The summed E-state index contributed by atoms with van der Waals surface area (Å²) in [7, 11) is 0. The standard InChI is InChI=1S/C22H25N3O2S/c1-14-5-7-16-11-19(28-18(16)10-14)22(27)25-9-3-4-17(13-25)21(26)24-20-8-6-15(2)12-23-20/h5-8,10,12,17,19H,3-4,9,11,13H2,1-2H3,(H,23,24,26)/t17-,19+/m1/s1. The largest absolute Gasteiger partial charge is 0.341 e. The molecule has 0 unspecified atom stereocenters. The fraction of sp³-hybridized carbons (Fsp3) is 0.409. The summed E-state index contributed by atoms with van der Waals surface area (Å²) in [4.78, 5) is 33.1. The van der Waals surface area contributed by atoms with Gasteiger partial charge in [0.05, 0.1) is 11.2 Å². The number of nitrogens with zero attached hydrogens (tertiary/aromatic N) is 2. The summed E-state index contributed by atoms with van der Waals surface area (Å²) < 4.78 is 0. The van der Waals surface area contributed by atoms with Crippen molar-refractivity contribution in [3.63, 3.8) is 0 Å². The fourth-order valence-corrected chi connectivity index (χ4v) is 5.21. The van der Waals surface area contributed by atoms with Crippen LogP contribution in [-0.2, 0) is 16.0 Å². The van der Waals surface area contributed by atoms with Crippen LogP contribution in [0.2, 0.25) is 0 Å². The van der Waals surface area contributed by atoms with Gasteiger partial charge in [-0.05, 0) is 56.4 Å². The van der Waals surface area contributed by atoms with Gasteiger partial charge in [0, 0.05) is 24.2 Å². The Kier molecular flexibility index (Phi) is 5.40. The van der Waals surface area contributed by atoms with Crippen molar-refractivity contribution in [1.82, 2.24) is 9.88 Å². The maximum atomic E-state index is 13.1. The van der Waals surface area contributed by atoms with E-state index in [1.54, 1.807) is 18.0 Å². The molecule has 28 heavy (non-hydrogen) atoms. The van der Waals surface area contributed by atoms with E-state index in [0.717, 1.165) is 31.4 Å². The number of fused-ring (bicyclic) bond motifs is 1. The highest BCUT2D eigenvalue weighted by atomic mass is 32.2. The number of hydrogen-bond donors (Lipinski definition) is 1. The van der Waals surface area contributed by atoms with Gasteiger partial charge < -0.3 is 10.2 Å². The third-order valence-corrected chi connectivity index (χ3v) is 6.73. The zero-order valence-electron chi connectivity index (χ0n) is 16.3. The maximum absolute atomic E-state index is 13.1. The summed E-state index contributed by atoms with van der Waals surface area (Å²) in [6, 6.07) is 10.1. The van der Waals surface area contributed by atoms with E-state index in [-0.39, 0.29) is 23.0 Å². The lowest BCUT2D eigenvalue weighted by Gasteiger charge is -2.33. The van der Waals surface area contributed by atoms with E-state index >= 15 is 0 Å². The van der Waals surface area contributed by atoms with Gasteiger partial charge in [0.15, 0.2) is 0 Å². The van der Waals surface area contributed by atoms with Crippen LogP contribution in [0.4, 0.5) is 5.82 Å². The van der Waals surface area contributed by atoms with Crippen molar-refractivity contribution < 1.29 is 9.59 Å². The molecule has 2 amide bonds. The van der Waals surface area contributed by atoms with Crippen LogP contribution in [0.3, 0.4) is 0 Å². The number of rotatable bonds is 3. The molecule has 1 aromatic heterocycles. The quantitative estimate of drug-likeness (QED) is 0.863. The molecule has 5 nitrogen and oxygen atoms in total. The predicted octanol–water partition coefficient (Wildman–Crippen LogP) is 3.59. The monoisotopic (exact) mass is 395 g/mol. The van der Waals surface area contributed by atoms with Crippen LogP contribution in [0.25, 0.3) is 0 Å². The van der Waals surface area contributed by atoms with Gasteiger partial charge in [0.2, 0.25) is 11.8 Å². The third-order valence-electron chi connectivity index (χ3n) is 5.44. The van der Waals surface area contributed by atoms with Crippen LogP contribution in [0.1, 0.15) is 29.5 Å². The molecule has 0 spiro atoms. The summed E-state index contributed by atoms with van der Waals surface area (Å²) in [6.45, 7) is 5.26. The molecule has 2 aliphatic rings. The van der Waals surface area contributed by atoms with Crippen molar-refractivity contribution in [2.75, 3.05) is 18.4 Å². The highest BCUT2D eigenvalue weighted by Crippen LogP contribution is 2.38. The smallest absolute Gasteiger partial charge is 0.236 e. The van der Waals surface area contributed by atoms with Crippen LogP contribution in [0.15, 0.2) is 41.4 Å². The number of likely N-dealkylation sites (tertiary alicyclic amines) is 1. The average Bonchev–Trinajstić information content (AvgIpc) is 3.12. The van der Waals surface area contributed by atoms with E-state index in [9.17, 15) is 9.59 Å². The summed E-state index contributed by atoms with van der Waals surface area (Å²) >= 11 is 1.66. The lowest BCUT2D eigenvalue weighted by molar-refractivity contribution is -0.134. The number of piperidine rings is 1. The SMILES string of the molecule is Cc1ccc(NC(=O)[C@@H]2CCCN(C(=O)[C@@H]3Cc4ccc(C)cc4S3)C2)nc1. The molecule has 1 N–H and O–H groups in total. The maximum Gasteiger partial charge on any atom is 0.236 e. The van der Waals surface area contributed by atoms with Crippen molar-refractivity contribution in [1.29, 1.82) is 0 Å². The molecule has 2 atom stereocenters. The number of benzene rings is 1. The van der Waals surface area contributed by atoms with Crippen LogP contribution in [0.5, 0.6) is 0 Å². The third kappa shape index (κ3) is 4.07. The Bertz CT molecular complexity index is 897. The molecule has 0 saturated carbocycles. The minimum absolute atomic E-state index is 0.0492. The van der Waals surface area contributed by atoms with Crippen molar-refractivity contribution >= 4 is 29.4 Å². The Morgan fingerprint density at radius 2 is 2.00 bits per heavy atom. The first-order chi connectivity index (χ1) is 13.5. The van der Waals surface area contributed by atoms with Gasteiger partial charge in [-0.2, -0.15) is 0 Å². The number of aryl methyl sites for hydroxylation is 2. The van der Waals surface area contributed by atoms with E-state index < -0.39 is 0 Å². The van der Waals surface area contributed by atoms with Gasteiger partial charge in [0.1, 0.15) is 5.82 Å². The number of pyridine rings is 1. The lowest BCUT2D eigenvalue weighted by Crippen LogP contribution is -2.46. The Balaban J connectivity index is 1.37. The number of carbonyl (C=O) groups is 2. The minimum atomic E-state index is -0.183. The zero-order valence-corrected chi connectivity index (χ0v) is 17.1. The molecule has 3 heterocycles. The molecule has 6 heteroatoms. The van der Waals surface area contributed by atoms with Gasteiger partial charge in [0.25, 0.3) is 0 Å². The summed E-state index contributed by atoms with van der Waals surface area (Å²) in [5.74, 6) is 0.490. The molecular weight excluding hydrogens is 370 g/mol. The van der Waals surface area contributed by atoms with E-state index in [1.807, 2.05) is 24.0 Å². The normalized spacial score (nSPS) is 21.3. The second-order valence-electron chi connectivity index (χ2n) is 7.76. The van der Waals surface area contributed by atoms with Gasteiger partial charge in [-0.25, -0.2) is 4.98 Å². The van der Waals surface area contributed by atoms with Gasteiger partial charge in [-0.15, -0.1) is 11.8 Å². The molecule has 2 aliphatic heterocycles. The van der Waals surface area contributed by atoms with Crippen molar-refractivity contribution in [2.24, 2.45) is 5.92 Å². The molecule has 0 aliphatic carbocycles. The van der Waals surface area contributed by atoms with E-state index in [2.05, 4.69) is 35.4 Å². The van der Waals surface area contributed by atoms with Crippen molar-refractivity contribution in [2.45, 2.75) is 43.3 Å². The second kappa shape index (κ2) is 7.95. The fourth-order valence-electron chi connectivity index (χ4n) is 3.84. The molecule has 1 fully saturated rings. The Hall–Kier alpha value is -2.34. The predicted molar refractivity (Wildman–Crippen MR) is 111 cm³/mol. The van der Waals surface area contributed by atoms with Crippen LogP contribution in [0, 0.1) is 19.8 Å². The number of thioether (sulfide) groups is 1. The highest BCUT2D eigenvalue weighted by Gasteiger charge is 2.35. The van der Waals surface area contributed by atoms with Gasteiger partial charge in [-0.1, -0.05) is 23.8 Å². The van der Waals surface area contributed by atoms with Crippen LogP contribution < -0.4 is 5.32 Å². The number of nitrogens with one attached hydrogen (secondary N) is 1. The van der Waals surface area contributed by atoms with Crippen molar-refractivity contribution in [3.05, 3.63) is 53.2 Å². The van der Waals surface area contributed by atoms with Crippen LogP contribution >= 0.6 is 11.8 Å². The number of carbonyl (C=O) groups excluding carboxylic acids is 2.